The minimum Gasteiger partial charge on any atom is -0.488 e. The highest BCUT2D eigenvalue weighted by Crippen LogP contribution is 2.32. The van der Waals surface area contributed by atoms with Crippen LogP contribution in [0.1, 0.15) is 18.4 Å². The van der Waals surface area contributed by atoms with Crippen LogP contribution in [-0.2, 0) is 11.4 Å². The molecule has 1 fully saturated rings. The van der Waals surface area contributed by atoms with Crippen molar-refractivity contribution in [2.45, 2.75) is 19.4 Å². The van der Waals surface area contributed by atoms with Crippen molar-refractivity contribution >= 4 is 17.5 Å². The third kappa shape index (κ3) is 3.69. The third-order valence-electron chi connectivity index (χ3n) is 4.94. The standard InChI is InChI=1S/C23H20N4O2/c28-22(17-13-14-17)25-23-24-21-12-6-10-19(27(21)26-23)18-9-4-5-11-20(18)29-15-16-7-2-1-3-8-16/h1-12,17H,13-15H2,(H,25,26,28). The zero-order valence-corrected chi connectivity index (χ0v) is 15.8. The van der Waals surface area contributed by atoms with E-state index in [-0.39, 0.29) is 11.8 Å². The van der Waals surface area contributed by atoms with E-state index >= 15 is 0 Å². The van der Waals surface area contributed by atoms with Crippen LogP contribution in [-0.4, -0.2) is 20.5 Å². The average molecular weight is 384 g/mol. The van der Waals surface area contributed by atoms with Crippen molar-refractivity contribution in [3.8, 4) is 17.0 Å². The number of ether oxygens (including phenoxy) is 1. The van der Waals surface area contributed by atoms with Crippen LogP contribution >= 0.6 is 0 Å². The molecule has 1 aliphatic carbocycles. The van der Waals surface area contributed by atoms with Crippen molar-refractivity contribution in [3.63, 3.8) is 0 Å². The second kappa shape index (κ2) is 7.39. The van der Waals surface area contributed by atoms with E-state index in [0.29, 0.717) is 18.2 Å². The lowest BCUT2D eigenvalue weighted by Crippen LogP contribution is -2.14. The number of pyridine rings is 1. The van der Waals surface area contributed by atoms with Gasteiger partial charge in [0.1, 0.15) is 12.4 Å². The van der Waals surface area contributed by atoms with Gasteiger partial charge in [0.25, 0.3) is 0 Å². The molecule has 6 nitrogen and oxygen atoms in total. The molecule has 5 rings (SSSR count). The Morgan fingerprint density at radius 3 is 2.62 bits per heavy atom. The van der Waals surface area contributed by atoms with Crippen LogP contribution in [0, 0.1) is 5.92 Å². The predicted octanol–water partition coefficient (Wildman–Crippen LogP) is 4.32. The van der Waals surface area contributed by atoms with Gasteiger partial charge in [-0.3, -0.25) is 10.1 Å². The number of nitrogens with zero attached hydrogens (tertiary/aromatic N) is 3. The fourth-order valence-electron chi connectivity index (χ4n) is 3.26. The summed E-state index contributed by atoms with van der Waals surface area (Å²) in [6.07, 6.45) is 1.88. The molecule has 0 radical (unpaired) electrons. The summed E-state index contributed by atoms with van der Waals surface area (Å²) in [4.78, 5) is 16.5. The van der Waals surface area contributed by atoms with Gasteiger partial charge < -0.3 is 4.74 Å². The molecule has 0 aliphatic heterocycles. The highest BCUT2D eigenvalue weighted by molar-refractivity contribution is 5.92. The lowest BCUT2D eigenvalue weighted by molar-refractivity contribution is -0.117. The van der Waals surface area contributed by atoms with E-state index in [0.717, 1.165) is 35.4 Å². The van der Waals surface area contributed by atoms with Crippen molar-refractivity contribution < 1.29 is 9.53 Å². The Labute approximate surface area is 168 Å². The number of hydrogen-bond acceptors (Lipinski definition) is 4. The summed E-state index contributed by atoms with van der Waals surface area (Å²) in [7, 11) is 0. The topological polar surface area (TPSA) is 68.5 Å². The van der Waals surface area contributed by atoms with Gasteiger partial charge in [-0.25, -0.2) is 4.52 Å². The Hall–Kier alpha value is -3.67. The molecular formula is C23H20N4O2. The second-order valence-corrected chi connectivity index (χ2v) is 7.15. The maximum atomic E-state index is 12.1. The fourth-order valence-corrected chi connectivity index (χ4v) is 3.26. The van der Waals surface area contributed by atoms with E-state index in [1.165, 1.54) is 0 Å². The second-order valence-electron chi connectivity index (χ2n) is 7.15. The van der Waals surface area contributed by atoms with Crippen molar-refractivity contribution in [3.05, 3.63) is 78.4 Å². The quantitative estimate of drug-likeness (QED) is 0.537. The van der Waals surface area contributed by atoms with E-state index < -0.39 is 0 Å². The molecule has 4 aromatic rings. The number of carbonyl (C=O) groups excluding carboxylic acids is 1. The number of rotatable bonds is 6. The van der Waals surface area contributed by atoms with E-state index in [1.807, 2.05) is 72.8 Å². The summed E-state index contributed by atoms with van der Waals surface area (Å²) in [5, 5.41) is 7.34. The van der Waals surface area contributed by atoms with Gasteiger partial charge >= 0.3 is 0 Å². The van der Waals surface area contributed by atoms with Crippen LogP contribution in [0.2, 0.25) is 0 Å². The number of amides is 1. The van der Waals surface area contributed by atoms with Gasteiger partial charge in [0.2, 0.25) is 11.9 Å². The maximum absolute atomic E-state index is 12.1. The molecule has 6 heteroatoms. The lowest BCUT2D eigenvalue weighted by atomic mass is 10.1. The summed E-state index contributed by atoms with van der Waals surface area (Å²) in [6.45, 7) is 0.480. The normalized spacial score (nSPS) is 13.4. The molecule has 2 aromatic heterocycles. The van der Waals surface area contributed by atoms with Gasteiger partial charge in [0.05, 0.1) is 5.69 Å². The largest absolute Gasteiger partial charge is 0.488 e. The minimum atomic E-state index is -0.00551. The van der Waals surface area contributed by atoms with Crippen LogP contribution < -0.4 is 10.1 Å². The van der Waals surface area contributed by atoms with Crippen LogP contribution in [0.15, 0.2) is 72.8 Å². The Morgan fingerprint density at radius 2 is 1.79 bits per heavy atom. The summed E-state index contributed by atoms with van der Waals surface area (Å²) in [5.41, 5.74) is 3.54. The molecule has 1 saturated carbocycles. The maximum Gasteiger partial charge on any atom is 0.249 e. The van der Waals surface area contributed by atoms with E-state index in [4.69, 9.17) is 4.74 Å². The molecule has 1 N–H and O–H groups in total. The van der Waals surface area contributed by atoms with Crippen molar-refractivity contribution in [2.24, 2.45) is 5.92 Å². The molecule has 0 saturated heterocycles. The lowest BCUT2D eigenvalue weighted by Gasteiger charge is -2.12. The highest BCUT2D eigenvalue weighted by atomic mass is 16.5. The molecule has 144 valence electrons. The molecule has 2 aromatic carbocycles. The first-order chi connectivity index (χ1) is 14.3. The van der Waals surface area contributed by atoms with Gasteiger partial charge in [0, 0.05) is 11.5 Å². The van der Waals surface area contributed by atoms with Gasteiger partial charge in [0.15, 0.2) is 5.65 Å². The van der Waals surface area contributed by atoms with E-state index in [1.54, 1.807) is 4.52 Å². The smallest absolute Gasteiger partial charge is 0.249 e. The first-order valence-electron chi connectivity index (χ1n) is 9.71. The zero-order valence-electron chi connectivity index (χ0n) is 15.8. The number of nitrogens with one attached hydrogen (secondary N) is 1. The molecule has 0 bridgehead atoms. The molecule has 29 heavy (non-hydrogen) atoms. The summed E-state index contributed by atoms with van der Waals surface area (Å²) >= 11 is 0. The summed E-state index contributed by atoms with van der Waals surface area (Å²) < 4.78 is 7.85. The van der Waals surface area contributed by atoms with Crippen molar-refractivity contribution in [2.75, 3.05) is 5.32 Å². The number of para-hydroxylation sites is 1. The van der Waals surface area contributed by atoms with Crippen molar-refractivity contribution in [1.29, 1.82) is 0 Å². The van der Waals surface area contributed by atoms with E-state index in [9.17, 15) is 4.79 Å². The first-order valence-corrected chi connectivity index (χ1v) is 9.71. The molecule has 1 aliphatic rings. The molecule has 1 amide bonds. The number of benzene rings is 2. The van der Waals surface area contributed by atoms with Crippen LogP contribution in [0.5, 0.6) is 5.75 Å². The molecule has 0 atom stereocenters. The molecule has 0 spiro atoms. The molecule has 0 unspecified atom stereocenters. The van der Waals surface area contributed by atoms with Gasteiger partial charge in [-0.2, -0.15) is 4.98 Å². The average Bonchev–Trinajstić information content (AvgIpc) is 3.53. The molecular weight excluding hydrogens is 364 g/mol. The van der Waals surface area contributed by atoms with Gasteiger partial charge in [-0.1, -0.05) is 48.5 Å². The summed E-state index contributed by atoms with van der Waals surface area (Å²) in [5.74, 6) is 1.20. The monoisotopic (exact) mass is 384 g/mol. The van der Waals surface area contributed by atoms with E-state index in [2.05, 4.69) is 15.4 Å². The number of aromatic nitrogens is 3. The SMILES string of the molecule is O=C(Nc1nc2cccc(-c3ccccc3OCc3ccccc3)n2n1)C1CC1. The molecule has 2 heterocycles. The Bertz CT molecular complexity index is 1170. The number of carbonyl (C=O) groups is 1. The minimum absolute atomic E-state index is 0.00551. The number of anilines is 1. The zero-order chi connectivity index (χ0) is 19.6. The number of hydrogen-bond donors (Lipinski definition) is 1. The van der Waals surface area contributed by atoms with Crippen molar-refractivity contribution in [1.82, 2.24) is 14.6 Å². The third-order valence-corrected chi connectivity index (χ3v) is 4.94. The van der Waals surface area contributed by atoms with Crippen LogP contribution in [0.25, 0.3) is 16.9 Å². The Balaban J connectivity index is 1.47. The van der Waals surface area contributed by atoms with Crippen LogP contribution in [0.3, 0.4) is 0 Å². The highest BCUT2D eigenvalue weighted by Gasteiger charge is 2.30. The predicted molar refractivity (Wildman–Crippen MR) is 111 cm³/mol. The summed E-state index contributed by atoms with van der Waals surface area (Å²) in [6, 6.07) is 23.7. The fraction of sp³-hybridized carbons (Fsp3) is 0.174. The Kier molecular flexibility index (Phi) is 4.44. The first kappa shape index (κ1) is 17.4. The number of fused-ring (bicyclic) bond motifs is 1. The Morgan fingerprint density at radius 1 is 1.00 bits per heavy atom. The van der Waals surface area contributed by atoms with Crippen LogP contribution in [0.4, 0.5) is 5.95 Å². The van der Waals surface area contributed by atoms with Gasteiger partial charge in [-0.15, -0.1) is 5.10 Å². The van der Waals surface area contributed by atoms with Gasteiger partial charge in [-0.05, 0) is 42.7 Å².